The third-order valence-electron chi connectivity index (χ3n) is 7.54. The van der Waals surface area contributed by atoms with Crippen LogP contribution in [0.15, 0.2) is 83.4 Å². The summed E-state index contributed by atoms with van der Waals surface area (Å²) in [5.41, 5.74) is 6.87. The Kier molecular flexibility index (Phi) is 9.76. The molecule has 1 N–H and O–H groups in total. The molecule has 240 valence electrons. The Morgan fingerprint density at radius 3 is 2.41 bits per heavy atom. The largest absolute Gasteiger partial charge is 0.573 e. The van der Waals surface area contributed by atoms with E-state index < -0.39 is 6.36 Å². The lowest BCUT2D eigenvalue weighted by molar-refractivity contribution is -0.274. The van der Waals surface area contributed by atoms with Crippen molar-refractivity contribution in [3.05, 3.63) is 106 Å². The van der Waals surface area contributed by atoms with Gasteiger partial charge < -0.3 is 10.1 Å². The van der Waals surface area contributed by atoms with Gasteiger partial charge in [-0.25, -0.2) is 14.5 Å². The zero-order valence-electron chi connectivity index (χ0n) is 26.2. The number of thiazole rings is 1. The quantitative estimate of drug-likeness (QED) is 0.175. The third kappa shape index (κ3) is 7.92. The zero-order chi connectivity index (χ0) is 33.0. The number of alkyl halides is 3. The molecule has 0 spiro atoms. The maximum absolute atomic E-state index is 12.8. The van der Waals surface area contributed by atoms with Crippen LogP contribution in [0.25, 0.3) is 22.8 Å². The first-order valence-corrected chi connectivity index (χ1v) is 15.7. The molecule has 0 aliphatic heterocycles. The van der Waals surface area contributed by atoms with Gasteiger partial charge in [-0.2, -0.15) is 4.99 Å². The molecule has 2 heterocycles. The fourth-order valence-corrected chi connectivity index (χ4v) is 5.93. The van der Waals surface area contributed by atoms with Crippen LogP contribution in [0.4, 0.5) is 18.0 Å². The van der Waals surface area contributed by atoms with E-state index in [2.05, 4.69) is 75.6 Å². The number of ether oxygens (including phenoxy) is 1. The number of rotatable bonds is 9. The number of urea groups is 1. The molecule has 0 aliphatic rings. The van der Waals surface area contributed by atoms with Gasteiger partial charge in [-0.3, -0.25) is 4.57 Å². The van der Waals surface area contributed by atoms with Crippen molar-refractivity contribution < 1.29 is 22.7 Å². The Bertz CT molecular complexity index is 1870. The van der Waals surface area contributed by atoms with Crippen molar-refractivity contribution in [1.29, 1.82) is 0 Å². The van der Waals surface area contributed by atoms with Crippen molar-refractivity contribution in [2.24, 2.45) is 4.99 Å². The summed E-state index contributed by atoms with van der Waals surface area (Å²) in [6.07, 6.45) is -2.52. The molecular weight excluding hydrogens is 613 g/mol. The summed E-state index contributed by atoms with van der Waals surface area (Å²) in [5, 5.41) is 9.41. The third-order valence-corrected chi connectivity index (χ3v) is 8.49. The molecular formula is C34H35F3N6O2S. The molecule has 46 heavy (non-hydrogen) atoms. The van der Waals surface area contributed by atoms with Crippen molar-refractivity contribution in [3.8, 4) is 28.5 Å². The number of aryl methyl sites for hydroxylation is 2. The monoisotopic (exact) mass is 648 g/mol. The Balaban J connectivity index is 1.19. The second-order valence-electron chi connectivity index (χ2n) is 11.4. The van der Waals surface area contributed by atoms with Gasteiger partial charge in [0.2, 0.25) is 0 Å². The number of hydrogen-bond acceptors (Lipinski definition) is 5. The lowest BCUT2D eigenvalue weighted by Crippen LogP contribution is -2.26. The Labute approximate surface area is 269 Å². The Hall–Kier alpha value is -4.71. The van der Waals surface area contributed by atoms with Gasteiger partial charge in [0.1, 0.15) is 12.1 Å². The van der Waals surface area contributed by atoms with Crippen molar-refractivity contribution in [2.45, 2.75) is 59.2 Å². The molecule has 0 radical (unpaired) electrons. The molecule has 0 fully saturated rings. The molecule has 1 atom stereocenters. The first kappa shape index (κ1) is 32.7. The maximum atomic E-state index is 12.8. The lowest BCUT2D eigenvalue weighted by Gasteiger charge is -2.16. The van der Waals surface area contributed by atoms with Crippen LogP contribution in [-0.2, 0) is 0 Å². The number of aromatic nitrogens is 4. The fraction of sp³-hybridized carbons (Fsp3) is 0.294. The molecule has 0 saturated heterocycles. The van der Waals surface area contributed by atoms with E-state index in [0.29, 0.717) is 28.8 Å². The number of nitrogens with one attached hydrogen (secondary N) is 1. The van der Waals surface area contributed by atoms with Gasteiger partial charge in [0.05, 0.1) is 11.4 Å². The number of halogens is 3. The molecule has 5 aromatic rings. The molecule has 2 amide bonds. The average Bonchev–Trinajstić information content (AvgIpc) is 3.63. The molecule has 2 aromatic heterocycles. The van der Waals surface area contributed by atoms with E-state index in [9.17, 15) is 18.0 Å². The number of carbonyl (C=O) groups is 1. The number of nitrogens with zero attached hydrogens (tertiary/aromatic N) is 5. The maximum Gasteiger partial charge on any atom is 0.573 e. The van der Waals surface area contributed by atoms with Crippen molar-refractivity contribution >= 4 is 17.4 Å². The lowest BCUT2D eigenvalue weighted by atomic mass is 9.96. The zero-order valence-corrected chi connectivity index (χ0v) is 27.0. The smallest absolute Gasteiger partial charge is 0.406 e. The predicted octanol–water partition coefficient (Wildman–Crippen LogP) is 8.23. The van der Waals surface area contributed by atoms with Crippen LogP contribution in [0.3, 0.4) is 0 Å². The number of amides is 2. The second kappa shape index (κ2) is 13.7. The number of carbonyl (C=O) groups excluding carboxylic acids is 1. The van der Waals surface area contributed by atoms with E-state index in [1.807, 2.05) is 36.6 Å². The van der Waals surface area contributed by atoms with Crippen molar-refractivity contribution in [2.75, 3.05) is 6.54 Å². The van der Waals surface area contributed by atoms with Crippen molar-refractivity contribution in [1.82, 2.24) is 24.6 Å². The normalized spacial score (nSPS) is 12.8. The molecule has 1 unspecified atom stereocenters. The first-order chi connectivity index (χ1) is 21.9. The van der Waals surface area contributed by atoms with Gasteiger partial charge >= 0.3 is 12.4 Å². The van der Waals surface area contributed by atoms with Crippen LogP contribution in [0.5, 0.6) is 5.75 Å². The number of benzene rings is 3. The minimum absolute atomic E-state index is 0.173. The molecule has 0 bridgehead atoms. The average molecular weight is 649 g/mol. The Morgan fingerprint density at radius 2 is 1.74 bits per heavy atom. The summed E-state index contributed by atoms with van der Waals surface area (Å²) in [5.74, 6) is 0.673. The van der Waals surface area contributed by atoms with E-state index in [1.165, 1.54) is 52.2 Å². The van der Waals surface area contributed by atoms with E-state index in [0.717, 1.165) is 34.5 Å². The first-order valence-electron chi connectivity index (χ1n) is 14.9. The van der Waals surface area contributed by atoms with Gasteiger partial charge in [0, 0.05) is 23.2 Å². The highest BCUT2D eigenvalue weighted by Gasteiger charge is 2.31. The van der Waals surface area contributed by atoms with Crippen molar-refractivity contribution in [3.63, 3.8) is 0 Å². The summed E-state index contributed by atoms with van der Waals surface area (Å²) in [7, 11) is 0. The molecule has 8 nitrogen and oxygen atoms in total. The minimum atomic E-state index is -4.75. The summed E-state index contributed by atoms with van der Waals surface area (Å²) in [6, 6.07) is 19.3. The van der Waals surface area contributed by atoms with Crippen LogP contribution < -0.4 is 14.9 Å². The van der Waals surface area contributed by atoms with E-state index in [-0.39, 0.29) is 17.7 Å². The van der Waals surface area contributed by atoms with Crippen LogP contribution in [0, 0.1) is 13.8 Å². The van der Waals surface area contributed by atoms with E-state index in [1.54, 1.807) is 0 Å². The fourth-order valence-electron chi connectivity index (χ4n) is 5.07. The topological polar surface area (TPSA) is 86.3 Å². The van der Waals surface area contributed by atoms with E-state index >= 15 is 0 Å². The Morgan fingerprint density at radius 1 is 1.02 bits per heavy atom. The van der Waals surface area contributed by atoms with Gasteiger partial charge in [0.25, 0.3) is 0 Å². The minimum Gasteiger partial charge on any atom is -0.406 e. The molecule has 5 rings (SSSR count). The van der Waals surface area contributed by atoms with Crippen LogP contribution in [-0.4, -0.2) is 38.3 Å². The highest BCUT2D eigenvalue weighted by molar-refractivity contribution is 7.07. The van der Waals surface area contributed by atoms with Crippen LogP contribution in [0.1, 0.15) is 61.4 Å². The highest BCUT2D eigenvalue weighted by atomic mass is 32.1. The van der Waals surface area contributed by atoms with Gasteiger partial charge in [0.15, 0.2) is 10.6 Å². The molecule has 12 heteroatoms. The summed E-state index contributed by atoms with van der Waals surface area (Å²) < 4.78 is 44.8. The second-order valence-corrected chi connectivity index (χ2v) is 12.3. The van der Waals surface area contributed by atoms with Gasteiger partial charge in [-0.1, -0.05) is 57.2 Å². The number of hydrogen-bond donors (Lipinski definition) is 1. The summed E-state index contributed by atoms with van der Waals surface area (Å²) >= 11 is 1.45. The van der Waals surface area contributed by atoms with Crippen LogP contribution >= 0.6 is 11.3 Å². The van der Waals surface area contributed by atoms with Gasteiger partial charge in [-0.05, 0) is 79.1 Å². The standard InChI is InChI=1S/C34H35F3N6O2S/c1-21(2)29-15-6-22(3)18-30(29)43-24(5)19-46-33(43)40-32(44)38-17-16-23(4)25-7-9-26(10-8-25)31-39-20-42(41-31)27-11-13-28(14-12-27)45-34(35,36)37/h6-15,18-21,23H,16-17H2,1-5H3,(H,38,44)/b40-33-. The molecule has 0 saturated carbocycles. The highest BCUT2D eigenvalue weighted by Crippen LogP contribution is 2.27. The summed E-state index contributed by atoms with van der Waals surface area (Å²) in [4.78, 5) is 22.2. The molecule has 3 aromatic carbocycles. The SMILES string of the molecule is Cc1ccc(C(C)C)c(-n2c(C)cs/c2=N\C(=O)NCCC(C)c2ccc(-c3ncn(-c4ccc(OC(F)(F)F)cc4)n3)cc2)c1. The molecule has 0 aliphatic carbocycles. The predicted molar refractivity (Wildman–Crippen MR) is 173 cm³/mol. The summed E-state index contributed by atoms with van der Waals surface area (Å²) in [6.45, 7) is 11.0. The van der Waals surface area contributed by atoms with E-state index in [4.69, 9.17) is 0 Å². The van der Waals surface area contributed by atoms with Crippen LogP contribution in [0.2, 0.25) is 0 Å². The van der Waals surface area contributed by atoms with Gasteiger partial charge in [-0.15, -0.1) is 29.6 Å².